The lowest BCUT2D eigenvalue weighted by atomic mass is 10.1. The summed E-state index contributed by atoms with van der Waals surface area (Å²) < 4.78 is 5.24. The van der Waals surface area contributed by atoms with Crippen molar-refractivity contribution in [1.29, 1.82) is 0 Å². The van der Waals surface area contributed by atoms with Gasteiger partial charge in [0.1, 0.15) is 11.5 Å². The number of hydrogen-bond donors (Lipinski definition) is 3. The van der Waals surface area contributed by atoms with Crippen LogP contribution in [0.15, 0.2) is 77.0 Å². The fourth-order valence-electron chi connectivity index (χ4n) is 2.59. The lowest BCUT2D eigenvalue weighted by Crippen LogP contribution is -2.31. The Morgan fingerprint density at radius 1 is 0.966 bits per heavy atom. The highest BCUT2D eigenvalue weighted by molar-refractivity contribution is 6.10. The molecule has 0 bridgehead atoms. The third kappa shape index (κ3) is 4.98. The van der Waals surface area contributed by atoms with Crippen molar-refractivity contribution < 1.29 is 23.9 Å². The van der Waals surface area contributed by atoms with E-state index in [1.165, 1.54) is 36.6 Å². The van der Waals surface area contributed by atoms with E-state index in [-0.39, 0.29) is 11.3 Å². The van der Waals surface area contributed by atoms with Crippen molar-refractivity contribution in [1.82, 2.24) is 5.32 Å². The molecule has 0 aliphatic heterocycles. The van der Waals surface area contributed by atoms with E-state index in [9.17, 15) is 14.4 Å². The molecule has 0 fully saturated rings. The number of carbonyl (C=O) groups excluding carboxylic acids is 2. The Morgan fingerprint density at radius 2 is 1.69 bits per heavy atom. The molecule has 0 radical (unpaired) electrons. The second kappa shape index (κ2) is 8.71. The van der Waals surface area contributed by atoms with Gasteiger partial charge in [-0.1, -0.05) is 18.2 Å². The summed E-state index contributed by atoms with van der Waals surface area (Å²) >= 11 is 0. The Labute approximate surface area is 166 Å². The van der Waals surface area contributed by atoms with E-state index < -0.39 is 17.8 Å². The number of carboxylic acid groups (broad SMARTS) is 1. The molecule has 7 nitrogen and oxygen atoms in total. The second-order valence-corrected chi connectivity index (χ2v) is 6.18. The van der Waals surface area contributed by atoms with Gasteiger partial charge in [-0.3, -0.25) is 9.59 Å². The molecule has 0 saturated carbocycles. The van der Waals surface area contributed by atoms with Crippen molar-refractivity contribution in [2.75, 3.05) is 5.32 Å². The van der Waals surface area contributed by atoms with Crippen LogP contribution < -0.4 is 10.6 Å². The predicted octanol–water partition coefficient (Wildman–Crippen LogP) is 3.70. The molecule has 7 heteroatoms. The zero-order valence-corrected chi connectivity index (χ0v) is 15.5. The first-order valence-corrected chi connectivity index (χ1v) is 8.71. The summed E-state index contributed by atoms with van der Waals surface area (Å²) in [7, 11) is 0. The van der Waals surface area contributed by atoms with E-state index in [0.29, 0.717) is 17.0 Å². The summed E-state index contributed by atoms with van der Waals surface area (Å²) in [4.78, 5) is 36.4. The number of aryl methyl sites for hydroxylation is 1. The highest BCUT2D eigenvalue weighted by Crippen LogP contribution is 2.14. The van der Waals surface area contributed by atoms with Crippen LogP contribution in [0, 0.1) is 6.92 Å². The summed E-state index contributed by atoms with van der Waals surface area (Å²) in [5.41, 5.74) is 1.68. The van der Waals surface area contributed by atoms with Crippen molar-refractivity contribution in [3.05, 3.63) is 95.1 Å². The van der Waals surface area contributed by atoms with E-state index >= 15 is 0 Å². The molecule has 0 spiro atoms. The summed E-state index contributed by atoms with van der Waals surface area (Å²) in [5, 5.41) is 14.2. The van der Waals surface area contributed by atoms with Gasteiger partial charge in [0.05, 0.1) is 11.8 Å². The number of rotatable bonds is 6. The van der Waals surface area contributed by atoms with Crippen molar-refractivity contribution >= 4 is 29.5 Å². The van der Waals surface area contributed by atoms with E-state index in [4.69, 9.17) is 9.52 Å². The zero-order valence-electron chi connectivity index (χ0n) is 15.5. The Kier molecular flexibility index (Phi) is 5.89. The van der Waals surface area contributed by atoms with Crippen LogP contribution in [0.2, 0.25) is 0 Å². The van der Waals surface area contributed by atoms with Crippen LogP contribution in [0.3, 0.4) is 0 Å². The number of furan rings is 1. The number of hydrogen-bond acceptors (Lipinski definition) is 4. The normalized spacial score (nSPS) is 11.0. The van der Waals surface area contributed by atoms with Gasteiger partial charge >= 0.3 is 5.97 Å². The fourth-order valence-corrected chi connectivity index (χ4v) is 2.59. The van der Waals surface area contributed by atoms with E-state index in [1.54, 1.807) is 37.3 Å². The molecule has 2 aromatic carbocycles. The summed E-state index contributed by atoms with van der Waals surface area (Å²) in [6, 6.07) is 16.0. The Hall–Kier alpha value is -4.13. The molecule has 3 N–H and O–H groups in total. The molecule has 0 unspecified atom stereocenters. The molecule has 3 aromatic rings. The highest BCUT2D eigenvalue weighted by Gasteiger charge is 2.17. The van der Waals surface area contributed by atoms with Crippen LogP contribution in [0.5, 0.6) is 0 Å². The van der Waals surface area contributed by atoms with Gasteiger partial charge in [0.15, 0.2) is 0 Å². The smallest absolute Gasteiger partial charge is 0.335 e. The monoisotopic (exact) mass is 390 g/mol. The lowest BCUT2D eigenvalue weighted by molar-refractivity contribution is -0.113. The molecular formula is C22H18N2O5. The number of amides is 2. The summed E-state index contributed by atoms with van der Waals surface area (Å²) in [6.45, 7) is 1.80. The average molecular weight is 390 g/mol. The van der Waals surface area contributed by atoms with Crippen LogP contribution in [-0.2, 0) is 4.79 Å². The van der Waals surface area contributed by atoms with E-state index in [1.807, 2.05) is 6.07 Å². The number of carbonyl (C=O) groups is 3. The van der Waals surface area contributed by atoms with E-state index in [0.717, 1.165) is 5.56 Å². The number of carboxylic acids is 1. The standard InChI is InChI=1S/C22H18N2O5/c1-14-5-2-3-7-18(14)20(25)24-19(13-17-6-4-12-29-17)21(26)23-16-10-8-15(9-11-16)22(27)28/h2-13H,1H3,(H,23,26)(H,24,25)(H,27,28)/b19-13-. The van der Waals surface area contributed by atoms with Gasteiger partial charge in [0, 0.05) is 17.3 Å². The molecule has 0 saturated heterocycles. The van der Waals surface area contributed by atoms with Crippen LogP contribution in [0.25, 0.3) is 6.08 Å². The van der Waals surface area contributed by atoms with Gasteiger partial charge in [0.2, 0.25) is 0 Å². The molecule has 0 atom stereocenters. The first-order valence-electron chi connectivity index (χ1n) is 8.71. The molecule has 0 aliphatic rings. The summed E-state index contributed by atoms with van der Waals surface area (Å²) in [5.74, 6) is -1.68. The number of aromatic carboxylic acids is 1. The molecule has 146 valence electrons. The topological polar surface area (TPSA) is 109 Å². The van der Waals surface area contributed by atoms with Crippen molar-refractivity contribution in [2.45, 2.75) is 6.92 Å². The van der Waals surface area contributed by atoms with Gasteiger partial charge in [-0.05, 0) is 55.0 Å². The van der Waals surface area contributed by atoms with Crippen molar-refractivity contribution in [2.24, 2.45) is 0 Å². The minimum Gasteiger partial charge on any atom is -0.478 e. The zero-order chi connectivity index (χ0) is 20.8. The SMILES string of the molecule is Cc1ccccc1C(=O)N/C(=C\c1ccco1)C(=O)Nc1ccc(C(=O)O)cc1. The molecule has 3 rings (SSSR count). The lowest BCUT2D eigenvalue weighted by Gasteiger charge is -2.12. The average Bonchev–Trinajstić information content (AvgIpc) is 3.21. The second-order valence-electron chi connectivity index (χ2n) is 6.18. The van der Waals surface area contributed by atoms with Crippen LogP contribution in [-0.4, -0.2) is 22.9 Å². The predicted molar refractivity (Wildman–Crippen MR) is 107 cm³/mol. The number of nitrogens with one attached hydrogen (secondary N) is 2. The molecule has 1 heterocycles. The van der Waals surface area contributed by atoms with E-state index in [2.05, 4.69) is 10.6 Å². The largest absolute Gasteiger partial charge is 0.478 e. The van der Waals surface area contributed by atoms with Crippen LogP contribution >= 0.6 is 0 Å². The molecule has 0 aliphatic carbocycles. The van der Waals surface area contributed by atoms with Gasteiger partial charge in [-0.25, -0.2) is 4.79 Å². The minimum absolute atomic E-state index is 0.0180. The van der Waals surface area contributed by atoms with Crippen molar-refractivity contribution in [3.8, 4) is 0 Å². The first-order chi connectivity index (χ1) is 13.9. The Bertz CT molecular complexity index is 1070. The minimum atomic E-state index is -1.06. The maximum absolute atomic E-state index is 12.8. The third-order valence-electron chi connectivity index (χ3n) is 4.10. The van der Waals surface area contributed by atoms with Gasteiger partial charge in [0.25, 0.3) is 11.8 Å². The molecular weight excluding hydrogens is 372 g/mol. The van der Waals surface area contributed by atoms with Gasteiger partial charge in [-0.2, -0.15) is 0 Å². The molecule has 1 aromatic heterocycles. The van der Waals surface area contributed by atoms with Gasteiger partial charge < -0.3 is 20.2 Å². The van der Waals surface area contributed by atoms with Gasteiger partial charge in [-0.15, -0.1) is 0 Å². The van der Waals surface area contributed by atoms with Crippen molar-refractivity contribution in [3.63, 3.8) is 0 Å². The quantitative estimate of drug-likeness (QED) is 0.556. The number of anilines is 1. The summed E-state index contributed by atoms with van der Waals surface area (Å²) in [6.07, 6.45) is 2.87. The van der Waals surface area contributed by atoms with Crippen LogP contribution in [0.1, 0.15) is 32.0 Å². The Morgan fingerprint density at radius 3 is 2.31 bits per heavy atom. The number of benzene rings is 2. The Balaban J connectivity index is 1.83. The molecule has 2 amide bonds. The molecule has 29 heavy (non-hydrogen) atoms. The van der Waals surface area contributed by atoms with Crippen LogP contribution in [0.4, 0.5) is 5.69 Å². The maximum Gasteiger partial charge on any atom is 0.335 e. The maximum atomic E-state index is 12.8. The third-order valence-corrected chi connectivity index (χ3v) is 4.10. The fraction of sp³-hybridized carbons (Fsp3) is 0.0455. The first kappa shape index (κ1) is 19.6. The highest BCUT2D eigenvalue weighted by atomic mass is 16.4.